The summed E-state index contributed by atoms with van der Waals surface area (Å²) in [5.41, 5.74) is 10.2. The van der Waals surface area contributed by atoms with Gasteiger partial charge in [-0.3, -0.25) is 4.79 Å². The molecule has 1 amide bonds. The van der Waals surface area contributed by atoms with E-state index < -0.39 is 0 Å². The van der Waals surface area contributed by atoms with Gasteiger partial charge in [0.25, 0.3) is 0 Å². The van der Waals surface area contributed by atoms with E-state index in [2.05, 4.69) is 47.3 Å². The Kier molecular flexibility index (Phi) is 4.02. The number of primary amides is 1. The van der Waals surface area contributed by atoms with Crippen LogP contribution in [0.15, 0.2) is 42.5 Å². The quantitative estimate of drug-likeness (QED) is 0.677. The van der Waals surface area contributed by atoms with E-state index in [4.69, 9.17) is 5.73 Å². The van der Waals surface area contributed by atoms with E-state index in [1.54, 1.807) is 0 Å². The number of hydrogen-bond donors (Lipinski definition) is 3. The molecule has 1 aromatic heterocycles. The Morgan fingerprint density at radius 2 is 2.09 bits per heavy atom. The molecule has 0 spiro atoms. The van der Waals surface area contributed by atoms with Crippen LogP contribution in [0.25, 0.3) is 11.0 Å². The zero-order valence-corrected chi connectivity index (χ0v) is 13.3. The molecule has 0 unspecified atom stereocenters. The van der Waals surface area contributed by atoms with Crippen molar-refractivity contribution in [2.45, 2.75) is 26.3 Å². The summed E-state index contributed by atoms with van der Waals surface area (Å²) in [7, 11) is 0. The minimum atomic E-state index is -0.358. The van der Waals surface area contributed by atoms with Gasteiger partial charge >= 0.3 is 0 Å². The van der Waals surface area contributed by atoms with Crippen molar-refractivity contribution in [3.63, 3.8) is 0 Å². The molecular weight excluding hydrogens is 288 g/mol. The number of hydrogen-bond acceptors (Lipinski definition) is 3. The van der Waals surface area contributed by atoms with Gasteiger partial charge in [-0.1, -0.05) is 42.0 Å². The number of rotatable bonds is 5. The molecule has 5 heteroatoms. The number of aromatic amines is 1. The van der Waals surface area contributed by atoms with Crippen molar-refractivity contribution < 1.29 is 4.79 Å². The lowest BCUT2D eigenvalue weighted by Crippen LogP contribution is -2.13. The Balaban J connectivity index is 1.87. The van der Waals surface area contributed by atoms with Crippen molar-refractivity contribution in [2.75, 3.05) is 5.32 Å². The largest absolute Gasteiger partial charge is 0.369 e. The standard InChI is InChI=1S/C18H20N4O/c1-11-5-3-6-13(9-11)12(2)20-18-21-15-8-4-7-14(10-16(19)23)17(15)22-18/h3-9,12H,10H2,1-2H3,(H2,19,23)(H2,20,21,22)/t12-/m1/s1. The molecule has 1 atom stereocenters. The van der Waals surface area contributed by atoms with Crippen molar-refractivity contribution in [3.8, 4) is 0 Å². The molecule has 0 aliphatic rings. The van der Waals surface area contributed by atoms with Crippen LogP contribution in [0, 0.1) is 6.92 Å². The van der Waals surface area contributed by atoms with Gasteiger partial charge in [-0.2, -0.15) is 0 Å². The Morgan fingerprint density at radius 1 is 1.30 bits per heavy atom. The Labute approximate surface area is 134 Å². The topological polar surface area (TPSA) is 83.8 Å². The predicted octanol–water partition coefficient (Wildman–Crippen LogP) is 3.07. The third-order valence-electron chi connectivity index (χ3n) is 3.86. The monoisotopic (exact) mass is 308 g/mol. The first kappa shape index (κ1) is 15.1. The zero-order valence-electron chi connectivity index (χ0n) is 13.3. The first-order chi connectivity index (χ1) is 11.0. The molecule has 4 N–H and O–H groups in total. The predicted molar refractivity (Wildman–Crippen MR) is 92.2 cm³/mol. The summed E-state index contributed by atoms with van der Waals surface area (Å²) in [6, 6.07) is 14.2. The van der Waals surface area contributed by atoms with Gasteiger partial charge in [0, 0.05) is 0 Å². The van der Waals surface area contributed by atoms with Crippen molar-refractivity contribution in [1.29, 1.82) is 0 Å². The number of benzene rings is 2. The fraction of sp³-hybridized carbons (Fsp3) is 0.222. The lowest BCUT2D eigenvalue weighted by atomic mass is 10.1. The third kappa shape index (κ3) is 3.34. The number of imidazole rings is 1. The van der Waals surface area contributed by atoms with Gasteiger partial charge in [0.15, 0.2) is 0 Å². The Morgan fingerprint density at radius 3 is 2.83 bits per heavy atom. The number of aryl methyl sites for hydroxylation is 1. The van der Waals surface area contributed by atoms with Crippen LogP contribution in [0.5, 0.6) is 0 Å². The summed E-state index contributed by atoms with van der Waals surface area (Å²) in [5.74, 6) is 0.328. The first-order valence-corrected chi connectivity index (χ1v) is 7.62. The second-order valence-corrected chi connectivity index (χ2v) is 5.82. The maximum Gasteiger partial charge on any atom is 0.221 e. The highest BCUT2D eigenvalue weighted by Crippen LogP contribution is 2.23. The summed E-state index contributed by atoms with van der Waals surface area (Å²) in [6.07, 6.45) is 0.190. The molecule has 2 aromatic carbocycles. The highest BCUT2D eigenvalue weighted by molar-refractivity contribution is 5.86. The number of fused-ring (bicyclic) bond motifs is 1. The van der Waals surface area contributed by atoms with Crippen LogP contribution < -0.4 is 11.1 Å². The van der Waals surface area contributed by atoms with E-state index in [9.17, 15) is 4.79 Å². The van der Waals surface area contributed by atoms with Gasteiger partial charge < -0.3 is 16.0 Å². The molecule has 0 bridgehead atoms. The number of aromatic nitrogens is 2. The van der Waals surface area contributed by atoms with Crippen LogP contribution in [0.3, 0.4) is 0 Å². The molecular formula is C18H20N4O. The van der Waals surface area contributed by atoms with Crippen molar-refractivity contribution >= 4 is 22.9 Å². The molecule has 23 heavy (non-hydrogen) atoms. The first-order valence-electron chi connectivity index (χ1n) is 7.62. The minimum Gasteiger partial charge on any atom is -0.369 e. The van der Waals surface area contributed by atoms with E-state index >= 15 is 0 Å². The average molecular weight is 308 g/mol. The van der Waals surface area contributed by atoms with Crippen molar-refractivity contribution in [1.82, 2.24) is 9.97 Å². The minimum absolute atomic E-state index is 0.120. The molecule has 0 aliphatic heterocycles. The SMILES string of the molecule is Cc1cccc([C@@H](C)Nc2nc3c(CC(N)=O)cccc3[nH]2)c1. The molecule has 0 radical (unpaired) electrons. The lowest BCUT2D eigenvalue weighted by Gasteiger charge is -2.13. The number of para-hydroxylation sites is 1. The number of nitrogens with two attached hydrogens (primary N) is 1. The molecule has 5 nitrogen and oxygen atoms in total. The maximum absolute atomic E-state index is 11.2. The fourth-order valence-corrected chi connectivity index (χ4v) is 2.72. The zero-order chi connectivity index (χ0) is 16.4. The van der Waals surface area contributed by atoms with Crippen LogP contribution in [-0.2, 0) is 11.2 Å². The van der Waals surface area contributed by atoms with Gasteiger partial charge in [-0.25, -0.2) is 4.98 Å². The van der Waals surface area contributed by atoms with E-state index in [1.165, 1.54) is 11.1 Å². The summed E-state index contributed by atoms with van der Waals surface area (Å²) in [6.45, 7) is 4.17. The summed E-state index contributed by atoms with van der Waals surface area (Å²) < 4.78 is 0. The molecule has 1 heterocycles. The smallest absolute Gasteiger partial charge is 0.221 e. The van der Waals surface area contributed by atoms with E-state index in [-0.39, 0.29) is 18.4 Å². The van der Waals surface area contributed by atoms with Gasteiger partial charge in [0.2, 0.25) is 11.9 Å². The number of carbonyl (C=O) groups excluding carboxylic acids is 1. The number of H-pyrrole nitrogens is 1. The molecule has 0 saturated heterocycles. The van der Waals surface area contributed by atoms with Crippen molar-refractivity contribution in [2.24, 2.45) is 5.73 Å². The third-order valence-corrected chi connectivity index (χ3v) is 3.86. The Bertz CT molecular complexity index is 853. The average Bonchev–Trinajstić information content (AvgIpc) is 2.90. The number of carbonyl (C=O) groups is 1. The van der Waals surface area contributed by atoms with Crippen LogP contribution in [-0.4, -0.2) is 15.9 Å². The van der Waals surface area contributed by atoms with Gasteiger partial charge in [0.05, 0.1) is 23.5 Å². The molecule has 0 saturated carbocycles. The number of nitrogens with zero attached hydrogens (tertiary/aromatic N) is 1. The lowest BCUT2D eigenvalue weighted by molar-refractivity contribution is -0.117. The second kappa shape index (κ2) is 6.12. The number of nitrogens with one attached hydrogen (secondary N) is 2. The number of amides is 1. The van der Waals surface area contributed by atoms with E-state index in [1.807, 2.05) is 24.3 Å². The summed E-state index contributed by atoms with van der Waals surface area (Å²) in [5, 5.41) is 3.37. The van der Waals surface area contributed by atoms with Crippen LogP contribution in [0.2, 0.25) is 0 Å². The van der Waals surface area contributed by atoms with E-state index in [0.29, 0.717) is 5.95 Å². The fourth-order valence-electron chi connectivity index (χ4n) is 2.72. The molecule has 0 fully saturated rings. The normalized spacial score (nSPS) is 12.3. The van der Waals surface area contributed by atoms with Gasteiger partial charge in [0.1, 0.15) is 0 Å². The molecule has 118 valence electrons. The second-order valence-electron chi connectivity index (χ2n) is 5.82. The Hall–Kier alpha value is -2.82. The highest BCUT2D eigenvalue weighted by atomic mass is 16.1. The molecule has 0 aliphatic carbocycles. The highest BCUT2D eigenvalue weighted by Gasteiger charge is 2.11. The van der Waals surface area contributed by atoms with E-state index in [0.717, 1.165) is 16.6 Å². The van der Waals surface area contributed by atoms with Crippen molar-refractivity contribution in [3.05, 3.63) is 59.2 Å². The summed E-state index contributed by atoms with van der Waals surface area (Å²) >= 11 is 0. The van der Waals surface area contributed by atoms with Crippen LogP contribution in [0.4, 0.5) is 5.95 Å². The number of anilines is 1. The molecule has 3 aromatic rings. The maximum atomic E-state index is 11.2. The summed E-state index contributed by atoms with van der Waals surface area (Å²) in [4.78, 5) is 19.0. The molecule has 3 rings (SSSR count). The van der Waals surface area contributed by atoms with Gasteiger partial charge in [-0.15, -0.1) is 0 Å². The van der Waals surface area contributed by atoms with Crippen LogP contribution >= 0.6 is 0 Å². The van der Waals surface area contributed by atoms with Gasteiger partial charge in [-0.05, 0) is 31.0 Å². The van der Waals surface area contributed by atoms with Crippen LogP contribution in [0.1, 0.15) is 29.7 Å².